The van der Waals surface area contributed by atoms with Crippen LogP contribution in [-0.2, 0) is 0 Å². The number of aromatic nitrogens is 5. The van der Waals surface area contributed by atoms with Gasteiger partial charge in [-0.1, -0.05) is 18.9 Å². The van der Waals surface area contributed by atoms with Crippen molar-refractivity contribution < 1.29 is 9.53 Å². The molecule has 3 aromatic heterocycles. The van der Waals surface area contributed by atoms with Crippen LogP contribution in [0.15, 0.2) is 42.6 Å². The van der Waals surface area contributed by atoms with Crippen LogP contribution in [0.4, 0.5) is 0 Å². The number of ether oxygens (including phenoxy) is 1. The minimum atomic E-state index is -0.181. The van der Waals surface area contributed by atoms with Crippen molar-refractivity contribution in [1.29, 1.82) is 0 Å². The number of pyridine rings is 1. The van der Waals surface area contributed by atoms with Crippen molar-refractivity contribution in [2.24, 2.45) is 0 Å². The van der Waals surface area contributed by atoms with E-state index in [4.69, 9.17) is 4.74 Å². The first-order valence-corrected chi connectivity index (χ1v) is 8.95. The van der Waals surface area contributed by atoms with Gasteiger partial charge in [0.2, 0.25) is 5.88 Å². The standard InChI is InChI=1S/C19H20N6O2/c1-27-18-10-9-17(22-23-18)25-16(14-8-4-5-11-20-14)12-15(24-25)19(26)21-13-6-2-3-7-13/h4-5,8-13H,2-3,6-7H2,1H3,(H,21,26). The Morgan fingerprint density at radius 1 is 1.19 bits per heavy atom. The van der Waals surface area contributed by atoms with Crippen LogP contribution >= 0.6 is 0 Å². The molecule has 3 aromatic rings. The Kier molecular flexibility index (Phi) is 4.78. The van der Waals surface area contributed by atoms with Crippen LogP contribution in [0.2, 0.25) is 0 Å². The smallest absolute Gasteiger partial charge is 0.272 e. The largest absolute Gasteiger partial charge is 0.480 e. The van der Waals surface area contributed by atoms with Crippen molar-refractivity contribution in [2.75, 3.05) is 7.11 Å². The van der Waals surface area contributed by atoms with Crippen LogP contribution in [0, 0.1) is 0 Å². The number of hydrogen-bond donors (Lipinski definition) is 1. The van der Waals surface area contributed by atoms with E-state index in [1.807, 2.05) is 18.2 Å². The fourth-order valence-electron chi connectivity index (χ4n) is 3.23. The van der Waals surface area contributed by atoms with Crippen molar-refractivity contribution in [3.05, 3.63) is 48.3 Å². The van der Waals surface area contributed by atoms with Gasteiger partial charge in [-0.15, -0.1) is 10.2 Å². The van der Waals surface area contributed by atoms with Crippen molar-refractivity contribution in [3.8, 4) is 23.1 Å². The van der Waals surface area contributed by atoms with Gasteiger partial charge in [0.05, 0.1) is 18.5 Å². The highest BCUT2D eigenvalue weighted by molar-refractivity contribution is 5.93. The lowest BCUT2D eigenvalue weighted by molar-refractivity contribution is 0.0932. The van der Waals surface area contributed by atoms with E-state index in [1.165, 1.54) is 7.11 Å². The number of nitrogens with one attached hydrogen (secondary N) is 1. The van der Waals surface area contributed by atoms with E-state index >= 15 is 0 Å². The third-order valence-corrected chi connectivity index (χ3v) is 4.61. The fraction of sp³-hybridized carbons (Fsp3) is 0.316. The van der Waals surface area contributed by atoms with Crippen LogP contribution in [0.3, 0.4) is 0 Å². The summed E-state index contributed by atoms with van der Waals surface area (Å²) in [7, 11) is 1.53. The number of amides is 1. The lowest BCUT2D eigenvalue weighted by atomic mass is 10.2. The molecule has 1 fully saturated rings. The molecule has 4 rings (SSSR count). The molecule has 138 valence electrons. The molecule has 27 heavy (non-hydrogen) atoms. The molecule has 0 spiro atoms. The van der Waals surface area contributed by atoms with Crippen LogP contribution in [0.5, 0.6) is 5.88 Å². The molecular weight excluding hydrogens is 344 g/mol. The molecular formula is C19H20N6O2. The topological polar surface area (TPSA) is 94.8 Å². The third kappa shape index (κ3) is 3.64. The summed E-state index contributed by atoms with van der Waals surface area (Å²) in [6.45, 7) is 0. The van der Waals surface area contributed by atoms with Crippen molar-refractivity contribution in [1.82, 2.24) is 30.3 Å². The Bertz CT molecular complexity index is 917. The average Bonchev–Trinajstić information content (AvgIpc) is 3.39. The highest BCUT2D eigenvalue weighted by Crippen LogP contribution is 2.23. The Balaban J connectivity index is 1.71. The summed E-state index contributed by atoms with van der Waals surface area (Å²) in [5, 5.41) is 15.7. The molecule has 1 amide bonds. The molecule has 1 N–H and O–H groups in total. The second-order valence-corrected chi connectivity index (χ2v) is 6.43. The summed E-state index contributed by atoms with van der Waals surface area (Å²) in [5.74, 6) is 0.708. The van der Waals surface area contributed by atoms with E-state index in [0.29, 0.717) is 28.8 Å². The quantitative estimate of drug-likeness (QED) is 0.747. The van der Waals surface area contributed by atoms with Gasteiger partial charge in [0.15, 0.2) is 11.5 Å². The second-order valence-electron chi connectivity index (χ2n) is 6.43. The van der Waals surface area contributed by atoms with E-state index in [1.54, 1.807) is 29.1 Å². The molecule has 0 unspecified atom stereocenters. The first-order chi connectivity index (χ1) is 13.2. The predicted octanol–water partition coefficient (Wildman–Crippen LogP) is 2.41. The number of methoxy groups -OCH3 is 1. The highest BCUT2D eigenvalue weighted by Gasteiger charge is 2.22. The van der Waals surface area contributed by atoms with Gasteiger partial charge < -0.3 is 10.1 Å². The Hall–Kier alpha value is -3.29. The molecule has 8 nitrogen and oxygen atoms in total. The van der Waals surface area contributed by atoms with Gasteiger partial charge in [0.25, 0.3) is 5.91 Å². The van der Waals surface area contributed by atoms with Gasteiger partial charge in [-0.05, 0) is 37.1 Å². The van der Waals surface area contributed by atoms with Crippen LogP contribution in [0.1, 0.15) is 36.2 Å². The maximum absolute atomic E-state index is 12.7. The third-order valence-electron chi connectivity index (χ3n) is 4.61. The first-order valence-electron chi connectivity index (χ1n) is 8.95. The predicted molar refractivity (Wildman–Crippen MR) is 98.7 cm³/mol. The first kappa shape index (κ1) is 17.1. The van der Waals surface area contributed by atoms with Gasteiger partial charge in [-0.2, -0.15) is 5.10 Å². The van der Waals surface area contributed by atoms with E-state index < -0.39 is 0 Å². The zero-order valence-electron chi connectivity index (χ0n) is 15.0. The lowest BCUT2D eigenvalue weighted by Crippen LogP contribution is -2.32. The number of carbonyl (C=O) groups excluding carboxylic acids is 1. The molecule has 1 saturated carbocycles. The van der Waals surface area contributed by atoms with Crippen molar-refractivity contribution in [2.45, 2.75) is 31.7 Å². The minimum Gasteiger partial charge on any atom is -0.480 e. The maximum Gasteiger partial charge on any atom is 0.272 e. The van der Waals surface area contributed by atoms with E-state index in [0.717, 1.165) is 25.7 Å². The number of hydrogen-bond acceptors (Lipinski definition) is 6. The summed E-state index contributed by atoms with van der Waals surface area (Å²) in [5.41, 5.74) is 1.70. The van der Waals surface area contributed by atoms with Crippen LogP contribution in [-0.4, -0.2) is 44.0 Å². The molecule has 0 atom stereocenters. The Morgan fingerprint density at radius 2 is 2.04 bits per heavy atom. The van der Waals surface area contributed by atoms with E-state index in [9.17, 15) is 4.79 Å². The number of nitrogens with zero attached hydrogens (tertiary/aromatic N) is 5. The Labute approximate surface area is 156 Å². The van der Waals surface area contributed by atoms with Crippen LogP contribution < -0.4 is 10.1 Å². The fourth-order valence-corrected chi connectivity index (χ4v) is 3.23. The summed E-state index contributed by atoms with van der Waals surface area (Å²) >= 11 is 0. The van der Waals surface area contributed by atoms with Gasteiger partial charge in [-0.25, -0.2) is 4.68 Å². The molecule has 0 aromatic carbocycles. The molecule has 3 heterocycles. The zero-order chi connectivity index (χ0) is 18.6. The maximum atomic E-state index is 12.7. The van der Waals surface area contributed by atoms with Gasteiger partial charge >= 0.3 is 0 Å². The summed E-state index contributed by atoms with van der Waals surface area (Å²) in [6.07, 6.45) is 6.04. The average molecular weight is 364 g/mol. The molecule has 1 aliphatic carbocycles. The molecule has 0 bridgehead atoms. The van der Waals surface area contributed by atoms with E-state index in [2.05, 4.69) is 25.6 Å². The summed E-state index contributed by atoms with van der Waals surface area (Å²) in [4.78, 5) is 17.0. The van der Waals surface area contributed by atoms with E-state index in [-0.39, 0.29) is 11.9 Å². The minimum absolute atomic E-state index is 0.181. The van der Waals surface area contributed by atoms with Gasteiger partial charge in [-0.3, -0.25) is 9.78 Å². The van der Waals surface area contributed by atoms with Crippen molar-refractivity contribution >= 4 is 5.91 Å². The highest BCUT2D eigenvalue weighted by atomic mass is 16.5. The molecule has 0 aliphatic heterocycles. The zero-order valence-corrected chi connectivity index (χ0v) is 15.0. The lowest BCUT2D eigenvalue weighted by Gasteiger charge is -2.09. The molecule has 0 saturated heterocycles. The second kappa shape index (κ2) is 7.53. The number of rotatable bonds is 5. The Morgan fingerprint density at radius 3 is 2.70 bits per heavy atom. The van der Waals surface area contributed by atoms with Gasteiger partial charge in [0.1, 0.15) is 0 Å². The number of carbonyl (C=O) groups is 1. The SMILES string of the molecule is COc1ccc(-n2nc(C(=O)NC3CCCC3)cc2-c2ccccn2)nn1. The molecule has 8 heteroatoms. The van der Waals surface area contributed by atoms with Crippen LogP contribution in [0.25, 0.3) is 17.2 Å². The molecule has 0 radical (unpaired) electrons. The summed E-state index contributed by atoms with van der Waals surface area (Å²) in [6, 6.07) is 11.0. The van der Waals surface area contributed by atoms with Crippen molar-refractivity contribution in [3.63, 3.8) is 0 Å². The van der Waals surface area contributed by atoms with Gasteiger partial charge in [0, 0.05) is 18.3 Å². The summed E-state index contributed by atoms with van der Waals surface area (Å²) < 4.78 is 6.64. The monoisotopic (exact) mass is 364 g/mol. The molecule has 1 aliphatic rings. The normalized spacial score (nSPS) is 14.3.